The van der Waals surface area contributed by atoms with E-state index in [1.54, 1.807) is 39.8 Å². The highest BCUT2D eigenvalue weighted by molar-refractivity contribution is 6.20. The van der Waals surface area contributed by atoms with Crippen LogP contribution in [0.3, 0.4) is 0 Å². The Bertz CT molecular complexity index is 687. The number of hydrogen-bond acceptors (Lipinski definition) is 6. The van der Waals surface area contributed by atoms with E-state index in [-0.39, 0.29) is 17.5 Å². The second-order valence-electron chi connectivity index (χ2n) is 6.47. The van der Waals surface area contributed by atoms with Gasteiger partial charge in [-0.1, -0.05) is 24.1 Å². The molecule has 1 atom stereocenters. The van der Waals surface area contributed by atoms with Crippen LogP contribution >= 0.6 is 0 Å². The van der Waals surface area contributed by atoms with Crippen LogP contribution in [-0.4, -0.2) is 40.6 Å². The van der Waals surface area contributed by atoms with E-state index in [9.17, 15) is 19.2 Å². The van der Waals surface area contributed by atoms with Crippen LogP contribution < -0.4 is 5.32 Å². The number of nitrogens with one attached hydrogen (secondary N) is 1. The molecule has 1 N–H and O–H groups in total. The number of benzene rings is 1. The summed E-state index contributed by atoms with van der Waals surface area (Å²) >= 11 is 0. The van der Waals surface area contributed by atoms with Crippen LogP contribution in [0.5, 0.6) is 0 Å². The molecule has 3 amide bonds. The van der Waals surface area contributed by atoms with Crippen LogP contribution in [-0.2, 0) is 14.4 Å². The lowest BCUT2D eigenvalue weighted by Gasteiger charge is -2.23. The molecule has 1 aromatic rings. The number of alkyl carbamates (subject to hydrolysis) is 1. The summed E-state index contributed by atoms with van der Waals surface area (Å²) < 4.78 is 5.08. The molecular formula is C17H20N2O6. The number of hydrogen-bond donors (Lipinski definition) is 1. The number of fused-ring (bicyclic) bond motifs is 1. The normalized spacial score (nSPS) is 14.8. The number of amides is 3. The van der Waals surface area contributed by atoms with E-state index >= 15 is 0 Å². The predicted molar refractivity (Wildman–Crippen MR) is 86.5 cm³/mol. The second kappa shape index (κ2) is 6.92. The Labute approximate surface area is 145 Å². The van der Waals surface area contributed by atoms with Gasteiger partial charge in [0, 0.05) is 0 Å². The van der Waals surface area contributed by atoms with Crippen LogP contribution in [0.15, 0.2) is 24.3 Å². The molecule has 1 aromatic carbocycles. The molecule has 0 fully saturated rings. The zero-order chi connectivity index (χ0) is 18.8. The highest BCUT2D eigenvalue weighted by atomic mass is 16.7. The van der Waals surface area contributed by atoms with Crippen molar-refractivity contribution in [1.29, 1.82) is 0 Å². The fourth-order valence-electron chi connectivity index (χ4n) is 2.18. The van der Waals surface area contributed by atoms with Gasteiger partial charge in [0.25, 0.3) is 11.8 Å². The first-order chi connectivity index (χ1) is 11.6. The molecule has 25 heavy (non-hydrogen) atoms. The summed E-state index contributed by atoms with van der Waals surface area (Å²) in [7, 11) is 0. The maximum atomic E-state index is 12.2. The molecule has 0 aromatic heterocycles. The van der Waals surface area contributed by atoms with Crippen LogP contribution in [0.2, 0.25) is 0 Å². The summed E-state index contributed by atoms with van der Waals surface area (Å²) in [4.78, 5) is 53.3. The Morgan fingerprint density at radius 1 is 1.12 bits per heavy atom. The third-order valence-corrected chi connectivity index (χ3v) is 3.32. The minimum atomic E-state index is -1.06. The van der Waals surface area contributed by atoms with Crippen LogP contribution in [0.1, 0.15) is 54.8 Å². The van der Waals surface area contributed by atoms with Crippen LogP contribution in [0, 0.1) is 0 Å². The quantitative estimate of drug-likeness (QED) is 0.836. The van der Waals surface area contributed by atoms with E-state index in [4.69, 9.17) is 9.57 Å². The van der Waals surface area contributed by atoms with Crippen molar-refractivity contribution in [3.8, 4) is 0 Å². The molecule has 0 spiro atoms. The lowest BCUT2D eigenvalue weighted by atomic mass is 10.1. The van der Waals surface area contributed by atoms with E-state index in [1.165, 1.54) is 12.1 Å². The zero-order valence-electron chi connectivity index (χ0n) is 14.5. The van der Waals surface area contributed by atoms with Crippen molar-refractivity contribution in [3.63, 3.8) is 0 Å². The lowest BCUT2D eigenvalue weighted by Crippen LogP contribution is -2.46. The fourth-order valence-corrected chi connectivity index (χ4v) is 2.18. The Morgan fingerprint density at radius 2 is 1.64 bits per heavy atom. The molecule has 0 saturated heterocycles. The Hall–Kier alpha value is -2.90. The van der Waals surface area contributed by atoms with Crippen molar-refractivity contribution in [3.05, 3.63) is 35.4 Å². The van der Waals surface area contributed by atoms with Gasteiger partial charge in [-0.2, -0.15) is 0 Å². The van der Waals surface area contributed by atoms with Gasteiger partial charge >= 0.3 is 12.1 Å². The smallest absolute Gasteiger partial charge is 0.408 e. The van der Waals surface area contributed by atoms with Crippen LogP contribution in [0.25, 0.3) is 0 Å². The second-order valence-corrected chi connectivity index (χ2v) is 6.47. The van der Waals surface area contributed by atoms with Crippen molar-refractivity contribution in [2.45, 2.75) is 45.8 Å². The molecule has 134 valence electrons. The number of hydroxylamine groups is 2. The van der Waals surface area contributed by atoms with Gasteiger partial charge in [0.1, 0.15) is 11.6 Å². The number of rotatable bonds is 4. The molecule has 0 bridgehead atoms. The summed E-state index contributed by atoms with van der Waals surface area (Å²) in [5, 5.41) is 2.77. The predicted octanol–water partition coefficient (Wildman–Crippen LogP) is 2.04. The van der Waals surface area contributed by atoms with Gasteiger partial charge in [-0.25, -0.2) is 9.59 Å². The molecule has 1 aliphatic heterocycles. The Morgan fingerprint density at radius 3 is 2.08 bits per heavy atom. The van der Waals surface area contributed by atoms with Gasteiger partial charge in [-0.3, -0.25) is 9.59 Å². The summed E-state index contributed by atoms with van der Waals surface area (Å²) in [6.07, 6.45) is -0.597. The average Bonchev–Trinajstić information content (AvgIpc) is 2.76. The van der Waals surface area contributed by atoms with Crippen molar-refractivity contribution < 1.29 is 28.8 Å². The Kier molecular flexibility index (Phi) is 5.10. The first-order valence-corrected chi connectivity index (χ1v) is 7.83. The molecule has 0 radical (unpaired) electrons. The first-order valence-electron chi connectivity index (χ1n) is 7.83. The summed E-state index contributed by atoms with van der Waals surface area (Å²) in [5.41, 5.74) is -0.406. The molecular weight excluding hydrogens is 328 g/mol. The van der Waals surface area contributed by atoms with Crippen molar-refractivity contribution >= 4 is 23.9 Å². The fraction of sp³-hybridized carbons (Fsp3) is 0.412. The molecule has 0 unspecified atom stereocenters. The average molecular weight is 348 g/mol. The number of ether oxygens (including phenoxy) is 1. The number of imide groups is 1. The van der Waals surface area contributed by atoms with Gasteiger partial charge < -0.3 is 14.9 Å². The topological polar surface area (TPSA) is 102 Å². The lowest BCUT2D eigenvalue weighted by molar-refractivity contribution is -0.171. The number of carbonyl (C=O) groups is 4. The van der Waals surface area contributed by atoms with E-state index in [0.29, 0.717) is 5.06 Å². The first kappa shape index (κ1) is 18.4. The Balaban J connectivity index is 2.04. The minimum Gasteiger partial charge on any atom is -0.444 e. The number of nitrogens with zero attached hydrogens (tertiary/aromatic N) is 1. The van der Waals surface area contributed by atoms with Crippen molar-refractivity contribution in [2.75, 3.05) is 0 Å². The molecule has 8 nitrogen and oxygen atoms in total. The highest BCUT2D eigenvalue weighted by Crippen LogP contribution is 2.23. The van der Waals surface area contributed by atoms with Crippen LogP contribution in [0.4, 0.5) is 4.79 Å². The zero-order valence-corrected chi connectivity index (χ0v) is 14.5. The molecule has 8 heteroatoms. The molecule has 2 rings (SSSR count). The van der Waals surface area contributed by atoms with Crippen molar-refractivity contribution in [2.24, 2.45) is 0 Å². The largest absolute Gasteiger partial charge is 0.444 e. The van der Waals surface area contributed by atoms with Gasteiger partial charge in [0.05, 0.1) is 11.1 Å². The van der Waals surface area contributed by atoms with Gasteiger partial charge in [-0.05, 0) is 39.3 Å². The van der Waals surface area contributed by atoms with Gasteiger partial charge in [-0.15, -0.1) is 0 Å². The van der Waals surface area contributed by atoms with Crippen molar-refractivity contribution in [1.82, 2.24) is 10.4 Å². The van der Waals surface area contributed by atoms with E-state index < -0.39 is 35.5 Å². The maximum absolute atomic E-state index is 12.2. The molecule has 1 aliphatic rings. The minimum absolute atomic E-state index is 0.161. The van der Waals surface area contributed by atoms with Gasteiger partial charge in [0.15, 0.2) is 0 Å². The number of carbonyl (C=O) groups excluding carboxylic acids is 4. The molecule has 1 heterocycles. The standard InChI is InChI=1S/C17H20N2O6/c1-5-12(18-16(23)24-17(2,3)4)15(22)25-19-13(20)10-8-6-7-9-11(10)14(19)21/h6-9,12H,5H2,1-4H3,(H,18,23)/t12-/m1/s1. The summed E-state index contributed by atoms with van der Waals surface area (Å²) in [5.74, 6) is -2.37. The SMILES string of the molecule is CC[C@@H](NC(=O)OC(C)(C)C)C(=O)ON1C(=O)c2ccccc2C1=O. The van der Waals surface area contributed by atoms with E-state index in [2.05, 4.69) is 5.32 Å². The third-order valence-electron chi connectivity index (χ3n) is 3.32. The maximum Gasteiger partial charge on any atom is 0.408 e. The van der Waals surface area contributed by atoms with Gasteiger partial charge in [0.2, 0.25) is 0 Å². The highest BCUT2D eigenvalue weighted by Gasteiger charge is 2.39. The third kappa shape index (κ3) is 4.14. The van der Waals surface area contributed by atoms with E-state index in [1.807, 2.05) is 0 Å². The molecule has 0 saturated carbocycles. The monoisotopic (exact) mass is 348 g/mol. The molecule has 0 aliphatic carbocycles. The summed E-state index contributed by atoms with van der Waals surface area (Å²) in [6, 6.07) is 5.10. The van der Waals surface area contributed by atoms with E-state index in [0.717, 1.165) is 0 Å². The summed E-state index contributed by atoms with van der Waals surface area (Å²) in [6.45, 7) is 6.70.